The zero-order valence-electron chi connectivity index (χ0n) is 12.2. The largest absolute Gasteiger partial charge is 0.484 e. The fraction of sp³-hybridized carbons (Fsp3) is 0.250. The molecule has 1 N–H and O–H groups in total. The standard InChI is InChI=1S/C16H17ClN2O2/c1-10-7-13(8-11(2)16(10)17)21-9-15(20)19-14-5-4-6-18-12(14)3/h4-8H,9H2,1-3H3,(H,19,20). The highest BCUT2D eigenvalue weighted by atomic mass is 35.5. The number of hydrogen-bond acceptors (Lipinski definition) is 3. The van der Waals surface area contributed by atoms with E-state index in [1.54, 1.807) is 18.3 Å². The molecule has 0 fully saturated rings. The van der Waals surface area contributed by atoms with Gasteiger partial charge in [-0.15, -0.1) is 0 Å². The molecule has 4 nitrogen and oxygen atoms in total. The van der Waals surface area contributed by atoms with Gasteiger partial charge in [0.25, 0.3) is 5.91 Å². The summed E-state index contributed by atoms with van der Waals surface area (Å²) in [6.07, 6.45) is 1.68. The zero-order valence-corrected chi connectivity index (χ0v) is 13.0. The second kappa shape index (κ2) is 6.59. The smallest absolute Gasteiger partial charge is 0.262 e. The van der Waals surface area contributed by atoms with Gasteiger partial charge in [-0.05, 0) is 56.2 Å². The van der Waals surface area contributed by atoms with Gasteiger partial charge in [0.05, 0.1) is 11.4 Å². The fourth-order valence-electron chi connectivity index (χ4n) is 1.94. The molecule has 1 aromatic carbocycles. The van der Waals surface area contributed by atoms with Crippen molar-refractivity contribution in [2.45, 2.75) is 20.8 Å². The molecule has 2 rings (SSSR count). The molecule has 0 unspecified atom stereocenters. The third kappa shape index (κ3) is 3.95. The van der Waals surface area contributed by atoms with Crippen molar-refractivity contribution in [3.63, 3.8) is 0 Å². The lowest BCUT2D eigenvalue weighted by Gasteiger charge is -2.11. The first-order valence-electron chi connectivity index (χ1n) is 6.58. The van der Waals surface area contributed by atoms with Gasteiger partial charge in [0, 0.05) is 11.2 Å². The lowest BCUT2D eigenvalue weighted by Crippen LogP contribution is -2.20. The Balaban J connectivity index is 1.97. The van der Waals surface area contributed by atoms with Crippen molar-refractivity contribution in [1.82, 2.24) is 4.98 Å². The summed E-state index contributed by atoms with van der Waals surface area (Å²) in [5.74, 6) is 0.406. The fourth-order valence-corrected chi connectivity index (χ4v) is 2.05. The Kier molecular flexibility index (Phi) is 4.81. The van der Waals surface area contributed by atoms with Crippen LogP contribution in [0.25, 0.3) is 0 Å². The van der Waals surface area contributed by atoms with Gasteiger partial charge < -0.3 is 10.1 Å². The van der Waals surface area contributed by atoms with Crippen molar-refractivity contribution in [2.24, 2.45) is 0 Å². The maximum Gasteiger partial charge on any atom is 0.262 e. The number of pyridine rings is 1. The SMILES string of the molecule is Cc1cc(OCC(=O)Nc2cccnc2C)cc(C)c1Cl. The Bertz CT molecular complexity index is 648. The molecule has 0 aliphatic carbocycles. The Morgan fingerprint density at radius 2 is 1.95 bits per heavy atom. The van der Waals surface area contributed by atoms with Gasteiger partial charge in [-0.3, -0.25) is 9.78 Å². The maximum atomic E-state index is 11.9. The lowest BCUT2D eigenvalue weighted by atomic mass is 10.1. The first-order valence-corrected chi connectivity index (χ1v) is 6.96. The number of ether oxygens (including phenoxy) is 1. The van der Waals surface area contributed by atoms with Crippen molar-refractivity contribution < 1.29 is 9.53 Å². The van der Waals surface area contributed by atoms with E-state index in [4.69, 9.17) is 16.3 Å². The molecule has 0 saturated carbocycles. The van der Waals surface area contributed by atoms with E-state index < -0.39 is 0 Å². The minimum Gasteiger partial charge on any atom is -0.484 e. The van der Waals surface area contributed by atoms with Crippen molar-refractivity contribution >= 4 is 23.2 Å². The molecule has 0 atom stereocenters. The van der Waals surface area contributed by atoms with Crippen LogP contribution in [-0.4, -0.2) is 17.5 Å². The van der Waals surface area contributed by atoms with Gasteiger partial charge >= 0.3 is 0 Å². The van der Waals surface area contributed by atoms with E-state index in [1.807, 2.05) is 32.9 Å². The summed E-state index contributed by atoms with van der Waals surface area (Å²) in [5.41, 5.74) is 3.31. The number of aryl methyl sites for hydroxylation is 3. The second-order valence-electron chi connectivity index (χ2n) is 4.84. The molecule has 0 spiro atoms. The Hall–Kier alpha value is -2.07. The summed E-state index contributed by atoms with van der Waals surface area (Å²) < 4.78 is 5.51. The summed E-state index contributed by atoms with van der Waals surface area (Å²) in [7, 11) is 0. The van der Waals surface area contributed by atoms with Crippen LogP contribution in [0.4, 0.5) is 5.69 Å². The second-order valence-corrected chi connectivity index (χ2v) is 5.22. The summed E-state index contributed by atoms with van der Waals surface area (Å²) in [5, 5.41) is 3.49. The minimum absolute atomic E-state index is 0.0607. The van der Waals surface area contributed by atoms with Crippen molar-refractivity contribution in [2.75, 3.05) is 11.9 Å². The van der Waals surface area contributed by atoms with Crippen LogP contribution >= 0.6 is 11.6 Å². The van der Waals surface area contributed by atoms with E-state index in [0.717, 1.165) is 21.8 Å². The van der Waals surface area contributed by atoms with E-state index in [-0.39, 0.29) is 12.5 Å². The summed E-state index contributed by atoms with van der Waals surface area (Å²) in [6.45, 7) is 5.58. The molecule has 2 aromatic rings. The number of carbonyl (C=O) groups excluding carboxylic acids is 1. The molecular formula is C16H17ClN2O2. The van der Waals surface area contributed by atoms with Crippen molar-refractivity contribution in [3.8, 4) is 5.75 Å². The third-order valence-corrected chi connectivity index (χ3v) is 3.66. The summed E-state index contributed by atoms with van der Waals surface area (Å²) in [6, 6.07) is 7.21. The van der Waals surface area contributed by atoms with Crippen LogP contribution in [0.1, 0.15) is 16.8 Å². The van der Waals surface area contributed by atoms with E-state index in [2.05, 4.69) is 10.3 Å². The zero-order chi connectivity index (χ0) is 15.4. The molecule has 0 aliphatic rings. The maximum absolute atomic E-state index is 11.9. The van der Waals surface area contributed by atoms with Crippen LogP contribution < -0.4 is 10.1 Å². The Morgan fingerprint density at radius 3 is 2.57 bits per heavy atom. The topological polar surface area (TPSA) is 51.2 Å². The molecular weight excluding hydrogens is 288 g/mol. The van der Waals surface area contributed by atoms with Gasteiger partial charge in [-0.2, -0.15) is 0 Å². The highest BCUT2D eigenvalue weighted by molar-refractivity contribution is 6.32. The van der Waals surface area contributed by atoms with Gasteiger partial charge in [-0.1, -0.05) is 11.6 Å². The number of carbonyl (C=O) groups is 1. The molecule has 1 heterocycles. The Morgan fingerprint density at radius 1 is 1.29 bits per heavy atom. The minimum atomic E-state index is -0.226. The number of aromatic nitrogens is 1. The van der Waals surface area contributed by atoms with Crippen LogP contribution in [0.5, 0.6) is 5.75 Å². The first-order chi connectivity index (χ1) is 9.97. The molecule has 1 amide bonds. The highest BCUT2D eigenvalue weighted by Crippen LogP contribution is 2.25. The first kappa shape index (κ1) is 15.3. The monoisotopic (exact) mass is 304 g/mol. The van der Waals surface area contributed by atoms with E-state index in [0.29, 0.717) is 11.4 Å². The van der Waals surface area contributed by atoms with Gasteiger partial charge in [0.15, 0.2) is 6.61 Å². The quantitative estimate of drug-likeness (QED) is 0.937. The van der Waals surface area contributed by atoms with E-state index in [1.165, 1.54) is 0 Å². The molecule has 0 radical (unpaired) electrons. The molecule has 0 saturated heterocycles. The number of rotatable bonds is 4. The van der Waals surface area contributed by atoms with Crippen LogP contribution in [0.3, 0.4) is 0 Å². The Labute approximate surface area is 129 Å². The molecule has 0 bridgehead atoms. The number of benzene rings is 1. The number of halogens is 1. The van der Waals surface area contributed by atoms with Gasteiger partial charge in [-0.25, -0.2) is 0 Å². The predicted molar refractivity (Wildman–Crippen MR) is 84.0 cm³/mol. The van der Waals surface area contributed by atoms with Gasteiger partial charge in [0.1, 0.15) is 5.75 Å². The average molecular weight is 305 g/mol. The predicted octanol–water partition coefficient (Wildman–Crippen LogP) is 3.68. The summed E-state index contributed by atoms with van der Waals surface area (Å²) >= 11 is 6.10. The molecule has 110 valence electrons. The number of amides is 1. The van der Waals surface area contributed by atoms with E-state index >= 15 is 0 Å². The van der Waals surface area contributed by atoms with Crippen LogP contribution in [0, 0.1) is 20.8 Å². The van der Waals surface area contributed by atoms with Crippen LogP contribution in [0.2, 0.25) is 5.02 Å². The number of nitrogens with one attached hydrogen (secondary N) is 1. The number of anilines is 1. The highest BCUT2D eigenvalue weighted by Gasteiger charge is 2.08. The van der Waals surface area contributed by atoms with Crippen LogP contribution in [0.15, 0.2) is 30.5 Å². The summed E-state index contributed by atoms with van der Waals surface area (Å²) in [4.78, 5) is 16.0. The molecule has 0 aliphatic heterocycles. The number of hydrogen-bond donors (Lipinski definition) is 1. The number of nitrogens with zero attached hydrogens (tertiary/aromatic N) is 1. The molecule has 21 heavy (non-hydrogen) atoms. The van der Waals surface area contributed by atoms with Crippen molar-refractivity contribution in [3.05, 3.63) is 52.3 Å². The molecule has 5 heteroatoms. The lowest BCUT2D eigenvalue weighted by molar-refractivity contribution is -0.118. The molecule has 1 aromatic heterocycles. The van der Waals surface area contributed by atoms with Gasteiger partial charge in [0.2, 0.25) is 0 Å². The van der Waals surface area contributed by atoms with E-state index in [9.17, 15) is 4.79 Å². The van der Waals surface area contributed by atoms with Crippen molar-refractivity contribution in [1.29, 1.82) is 0 Å². The third-order valence-electron chi connectivity index (χ3n) is 3.06. The average Bonchev–Trinajstić information content (AvgIpc) is 2.45. The normalized spacial score (nSPS) is 10.3. The van der Waals surface area contributed by atoms with Crippen LogP contribution in [-0.2, 0) is 4.79 Å².